The third-order valence-corrected chi connectivity index (χ3v) is 4.73. The number of Topliss-reactive ketones (excluding diaryl/α,β-unsaturated/α-hetero) is 1. The number of thiazole rings is 1. The van der Waals surface area contributed by atoms with Gasteiger partial charge in [-0.05, 0) is 30.2 Å². The molecule has 0 unspecified atom stereocenters. The fraction of sp³-hybridized carbons (Fsp3) is 0.111. The lowest BCUT2D eigenvalue weighted by Crippen LogP contribution is -1.89. The number of halogens is 1. The van der Waals surface area contributed by atoms with Gasteiger partial charge in [0.1, 0.15) is 10.8 Å². The topological polar surface area (TPSA) is 30.0 Å². The summed E-state index contributed by atoms with van der Waals surface area (Å²) in [6.07, 6.45) is 0. The summed E-state index contributed by atoms with van der Waals surface area (Å²) in [5, 5.41) is 0.841. The first-order chi connectivity index (χ1) is 10.5. The number of hydrogen-bond acceptors (Lipinski definition) is 3. The fourth-order valence-corrected chi connectivity index (χ4v) is 3.26. The summed E-state index contributed by atoms with van der Waals surface area (Å²) in [5.74, 6) is -0.195. The van der Waals surface area contributed by atoms with E-state index >= 15 is 0 Å². The van der Waals surface area contributed by atoms with E-state index in [2.05, 4.69) is 4.98 Å². The van der Waals surface area contributed by atoms with E-state index in [4.69, 9.17) is 0 Å². The molecule has 0 N–H and O–H groups in total. The van der Waals surface area contributed by atoms with Crippen molar-refractivity contribution in [2.45, 2.75) is 13.8 Å². The zero-order chi connectivity index (χ0) is 15.7. The molecule has 3 aromatic rings. The summed E-state index contributed by atoms with van der Waals surface area (Å²) in [6.45, 7) is 3.41. The largest absolute Gasteiger partial charge is 0.294 e. The second kappa shape index (κ2) is 5.81. The highest BCUT2D eigenvalue weighted by molar-refractivity contribution is 7.17. The van der Waals surface area contributed by atoms with Crippen LogP contribution in [-0.2, 0) is 0 Å². The molecule has 0 radical (unpaired) electrons. The molecule has 110 valence electrons. The number of aromatic nitrogens is 1. The normalized spacial score (nSPS) is 10.7. The molecular formula is C18H14FNOS. The van der Waals surface area contributed by atoms with Crippen molar-refractivity contribution in [1.82, 2.24) is 4.98 Å². The van der Waals surface area contributed by atoms with Crippen LogP contribution < -0.4 is 0 Å². The predicted molar refractivity (Wildman–Crippen MR) is 87.7 cm³/mol. The van der Waals surface area contributed by atoms with Crippen LogP contribution >= 0.6 is 11.3 Å². The van der Waals surface area contributed by atoms with Crippen molar-refractivity contribution in [2.75, 3.05) is 0 Å². The number of ketones is 1. The maximum absolute atomic E-state index is 13.0. The smallest absolute Gasteiger partial charge is 0.171 e. The van der Waals surface area contributed by atoms with Gasteiger partial charge in [0.2, 0.25) is 0 Å². The minimum atomic E-state index is -0.240. The highest BCUT2D eigenvalue weighted by atomic mass is 32.1. The van der Waals surface area contributed by atoms with E-state index in [1.54, 1.807) is 19.1 Å². The molecule has 0 fully saturated rings. The minimum absolute atomic E-state index is 0.0455. The number of aryl methyl sites for hydroxylation is 1. The van der Waals surface area contributed by atoms with Crippen molar-refractivity contribution < 1.29 is 9.18 Å². The van der Waals surface area contributed by atoms with Gasteiger partial charge in [-0.2, -0.15) is 0 Å². The second-order valence-corrected chi connectivity index (χ2v) is 6.07. The van der Waals surface area contributed by atoms with Gasteiger partial charge < -0.3 is 0 Å². The van der Waals surface area contributed by atoms with Gasteiger partial charge in [-0.3, -0.25) is 4.79 Å². The standard InChI is InChI=1S/C18H14FNOS/c1-11-17(12(2)21)22-18(20-11)15-5-3-13(4-6-15)14-7-9-16(19)10-8-14/h3-10H,1-2H3. The van der Waals surface area contributed by atoms with Gasteiger partial charge in [0.25, 0.3) is 0 Å². The number of benzene rings is 2. The predicted octanol–water partition coefficient (Wildman–Crippen LogP) is 5.13. The average molecular weight is 311 g/mol. The molecule has 0 aliphatic carbocycles. The first-order valence-electron chi connectivity index (χ1n) is 6.89. The Hall–Kier alpha value is -2.33. The van der Waals surface area contributed by atoms with Crippen molar-refractivity contribution in [3.05, 3.63) is 64.9 Å². The Kier molecular flexibility index (Phi) is 3.86. The molecule has 1 aromatic heterocycles. The molecule has 0 bridgehead atoms. The summed E-state index contributed by atoms with van der Waals surface area (Å²) < 4.78 is 13.0. The fourth-order valence-electron chi connectivity index (χ4n) is 2.29. The van der Waals surface area contributed by atoms with E-state index in [1.165, 1.54) is 23.5 Å². The van der Waals surface area contributed by atoms with Crippen LogP contribution in [0.3, 0.4) is 0 Å². The van der Waals surface area contributed by atoms with Gasteiger partial charge >= 0.3 is 0 Å². The Morgan fingerprint density at radius 1 is 0.955 bits per heavy atom. The molecule has 1 heterocycles. The first-order valence-corrected chi connectivity index (χ1v) is 7.71. The maximum Gasteiger partial charge on any atom is 0.171 e. The van der Waals surface area contributed by atoms with Crippen LogP contribution in [0.5, 0.6) is 0 Å². The maximum atomic E-state index is 13.0. The molecule has 4 heteroatoms. The lowest BCUT2D eigenvalue weighted by Gasteiger charge is -2.03. The van der Waals surface area contributed by atoms with E-state index in [0.717, 1.165) is 27.4 Å². The molecule has 2 nitrogen and oxygen atoms in total. The summed E-state index contributed by atoms with van der Waals surface area (Å²) >= 11 is 1.41. The van der Waals surface area contributed by atoms with Gasteiger partial charge in [0, 0.05) is 12.5 Å². The van der Waals surface area contributed by atoms with Crippen molar-refractivity contribution in [3.8, 4) is 21.7 Å². The number of carbonyl (C=O) groups is 1. The molecule has 0 saturated heterocycles. The molecular weight excluding hydrogens is 297 g/mol. The van der Waals surface area contributed by atoms with E-state index in [-0.39, 0.29) is 11.6 Å². The summed E-state index contributed by atoms with van der Waals surface area (Å²) in [4.78, 5) is 16.7. The van der Waals surface area contributed by atoms with Crippen molar-refractivity contribution in [3.63, 3.8) is 0 Å². The second-order valence-electron chi connectivity index (χ2n) is 5.07. The van der Waals surface area contributed by atoms with Crippen LogP contribution in [0.15, 0.2) is 48.5 Å². The van der Waals surface area contributed by atoms with Crippen LogP contribution in [0.25, 0.3) is 21.7 Å². The van der Waals surface area contributed by atoms with Crippen molar-refractivity contribution in [2.24, 2.45) is 0 Å². The molecule has 0 aliphatic rings. The molecule has 3 rings (SSSR count). The van der Waals surface area contributed by atoms with Crippen LogP contribution in [0.4, 0.5) is 4.39 Å². The number of rotatable bonds is 3. The molecule has 2 aromatic carbocycles. The van der Waals surface area contributed by atoms with Crippen molar-refractivity contribution >= 4 is 17.1 Å². The molecule has 22 heavy (non-hydrogen) atoms. The highest BCUT2D eigenvalue weighted by Crippen LogP contribution is 2.30. The van der Waals surface area contributed by atoms with Gasteiger partial charge in [-0.15, -0.1) is 11.3 Å². The lowest BCUT2D eigenvalue weighted by molar-refractivity contribution is 0.102. The number of carbonyl (C=O) groups excluding carboxylic acids is 1. The van der Waals surface area contributed by atoms with E-state index in [9.17, 15) is 9.18 Å². The summed E-state index contributed by atoms with van der Waals surface area (Å²) in [6, 6.07) is 14.3. The van der Waals surface area contributed by atoms with Gasteiger partial charge in [0.05, 0.1) is 10.6 Å². The van der Waals surface area contributed by atoms with Crippen LogP contribution in [0.2, 0.25) is 0 Å². The quantitative estimate of drug-likeness (QED) is 0.628. The molecule has 0 spiro atoms. The summed E-state index contributed by atoms with van der Waals surface area (Å²) in [5.41, 5.74) is 3.73. The van der Waals surface area contributed by atoms with E-state index in [0.29, 0.717) is 4.88 Å². The Bertz CT molecular complexity index is 819. The van der Waals surface area contributed by atoms with Crippen LogP contribution in [0, 0.1) is 12.7 Å². The molecule has 0 saturated carbocycles. The zero-order valence-electron chi connectivity index (χ0n) is 12.3. The molecule has 0 aliphatic heterocycles. The van der Waals surface area contributed by atoms with Gasteiger partial charge in [0.15, 0.2) is 5.78 Å². The SMILES string of the molecule is CC(=O)c1sc(-c2ccc(-c3ccc(F)cc3)cc2)nc1C. The average Bonchev–Trinajstić information content (AvgIpc) is 2.90. The molecule has 0 amide bonds. The van der Waals surface area contributed by atoms with Gasteiger partial charge in [-0.1, -0.05) is 36.4 Å². The minimum Gasteiger partial charge on any atom is -0.294 e. The third-order valence-electron chi connectivity index (χ3n) is 3.43. The Balaban J connectivity index is 1.92. The first kappa shape index (κ1) is 14.6. The van der Waals surface area contributed by atoms with Crippen molar-refractivity contribution in [1.29, 1.82) is 0 Å². The Labute approximate surface area is 132 Å². The monoisotopic (exact) mass is 311 g/mol. The number of nitrogens with zero attached hydrogens (tertiary/aromatic N) is 1. The highest BCUT2D eigenvalue weighted by Gasteiger charge is 2.12. The number of hydrogen-bond donors (Lipinski definition) is 0. The Morgan fingerprint density at radius 3 is 1.95 bits per heavy atom. The van der Waals surface area contributed by atoms with E-state index < -0.39 is 0 Å². The van der Waals surface area contributed by atoms with E-state index in [1.807, 2.05) is 31.2 Å². The zero-order valence-corrected chi connectivity index (χ0v) is 13.1. The molecule has 0 atom stereocenters. The van der Waals surface area contributed by atoms with Crippen LogP contribution in [-0.4, -0.2) is 10.8 Å². The van der Waals surface area contributed by atoms with Gasteiger partial charge in [-0.25, -0.2) is 9.37 Å². The summed E-state index contributed by atoms with van der Waals surface area (Å²) in [7, 11) is 0. The Morgan fingerprint density at radius 2 is 1.45 bits per heavy atom. The third kappa shape index (κ3) is 2.83. The van der Waals surface area contributed by atoms with Crippen LogP contribution in [0.1, 0.15) is 22.3 Å². The lowest BCUT2D eigenvalue weighted by atomic mass is 10.0.